The lowest BCUT2D eigenvalue weighted by Gasteiger charge is -2.26. The van der Waals surface area contributed by atoms with Crippen LogP contribution in [0.3, 0.4) is 0 Å². The van der Waals surface area contributed by atoms with Crippen molar-refractivity contribution in [1.82, 2.24) is 0 Å². The number of ether oxygens (including phenoxy) is 1. The van der Waals surface area contributed by atoms with Gasteiger partial charge in [-0.05, 0) is 25.0 Å². The number of thioether (sulfide) groups is 1. The fourth-order valence-corrected chi connectivity index (χ4v) is 5.28. The van der Waals surface area contributed by atoms with Crippen molar-refractivity contribution in [3.63, 3.8) is 0 Å². The highest BCUT2D eigenvalue weighted by atomic mass is 32.2. The molecule has 4 aliphatic rings. The van der Waals surface area contributed by atoms with Gasteiger partial charge >= 0.3 is 0 Å². The fourth-order valence-electron chi connectivity index (χ4n) is 3.65. The SMILES string of the molecule is COC1=CC2SC3=C(C(=O)C4CCC=CC34)C2C=C1. The van der Waals surface area contributed by atoms with Crippen molar-refractivity contribution in [2.75, 3.05) is 7.11 Å². The summed E-state index contributed by atoms with van der Waals surface area (Å²) in [7, 11) is 1.70. The van der Waals surface area contributed by atoms with Crippen LogP contribution in [-0.4, -0.2) is 18.1 Å². The third kappa shape index (κ3) is 1.54. The highest BCUT2D eigenvalue weighted by Gasteiger charge is 2.49. The molecule has 0 saturated heterocycles. The summed E-state index contributed by atoms with van der Waals surface area (Å²) in [6, 6.07) is 0. The quantitative estimate of drug-likeness (QED) is 0.685. The van der Waals surface area contributed by atoms with Gasteiger partial charge < -0.3 is 4.74 Å². The molecular formula is C16H16O2S. The summed E-state index contributed by atoms with van der Waals surface area (Å²) in [5.41, 5.74) is 1.10. The predicted molar refractivity (Wildman–Crippen MR) is 76.5 cm³/mol. The summed E-state index contributed by atoms with van der Waals surface area (Å²) in [5.74, 6) is 2.18. The Labute approximate surface area is 117 Å². The van der Waals surface area contributed by atoms with Crippen molar-refractivity contribution in [2.24, 2.45) is 17.8 Å². The van der Waals surface area contributed by atoms with Gasteiger partial charge in [0.25, 0.3) is 0 Å². The van der Waals surface area contributed by atoms with Crippen LogP contribution in [0.5, 0.6) is 0 Å². The summed E-state index contributed by atoms with van der Waals surface area (Å²) in [4.78, 5) is 14.0. The average molecular weight is 272 g/mol. The van der Waals surface area contributed by atoms with E-state index in [2.05, 4.69) is 24.3 Å². The molecule has 2 nitrogen and oxygen atoms in total. The van der Waals surface area contributed by atoms with Gasteiger partial charge in [0.05, 0.1) is 7.11 Å². The van der Waals surface area contributed by atoms with Crippen LogP contribution in [0.1, 0.15) is 12.8 Å². The Balaban J connectivity index is 1.72. The summed E-state index contributed by atoms with van der Waals surface area (Å²) in [6.45, 7) is 0. The molecular weight excluding hydrogens is 256 g/mol. The molecule has 98 valence electrons. The summed E-state index contributed by atoms with van der Waals surface area (Å²) in [6.07, 6.45) is 12.9. The topological polar surface area (TPSA) is 26.3 Å². The lowest BCUT2D eigenvalue weighted by Crippen LogP contribution is -2.25. The van der Waals surface area contributed by atoms with Gasteiger partial charge in [-0.3, -0.25) is 4.79 Å². The number of ketones is 1. The molecule has 0 bridgehead atoms. The Morgan fingerprint density at radius 1 is 1.32 bits per heavy atom. The Morgan fingerprint density at radius 3 is 3.05 bits per heavy atom. The van der Waals surface area contributed by atoms with E-state index in [4.69, 9.17) is 4.74 Å². The molecule has 4 unspecified atom stereocenters. The van der Waals surface area contributed by atoms with Gasteiger partial charge in [0.1, 0.15) is 5.76 Å². The van der Waals surface area contributed by atoms with Crippen molar-refractivity contribution >= 4 is 17.5 Å². The highest BCUT2D eigenvalue weighted by Crippen LogP contribution is 2.57. The van der Waals surface area contributed by atoms with Crippen LogP contribution in [0, 0.1) is 17.8 Å². The average Bonchev–Trinajstić information content (AvgIpc) is 2.95. The summed E-state index contributed by atoms with van der Waals surface area (Å²) in [5, 5.41) is 0.352. The van der Waals surface area contributed by atoms with Gasteiger partial charge in [-0.25, -0.2) is 0 Å². The molecule has 1 aliphatic heterocycles. The molecule has 0 radical (unpaired) electrons. The van der Waals surface area contributed by atoms with Crippen LogP contribution >= 0.6 is 11.8 Å². The van der Waals surface area contributed by atoms with E-state index in [0.717, 1.165) is 24.2 Å². The van der Waals surface area contributed by atoms with Gasteiger partial charge in [0.15, 0.2) is 5.78 Å². The Morgan fingerprint density at radius 2 is 2.21 bits per heavy atom. The number of methoxy groups -OCH3 is 1. The number of carbonyl (C=O) groups excluding carboxylic acids is 1. The lowest BCUT2D eigenvalue weighted by atomic mass is 9.83. The largest absolute Gasteiger partial charge is 0.497 e. The van der Waals surface area contributed by atoms with Crippen molar-refractivity contribution in [1.29, 1.82) is 0 Å². The van der Waals surface area contributed by atoms with Crippen molar-refractivity contribution in [2.45, 2.75) is 18.1 Å². The van der Waals surface area contributed by atoms with E-state index in [-0.39, 0.29) is 11.8 Å². The minimum Gasteiger partial charge on any atom is -0.497 e. The first-order valence-electron chi connectivity index (χ1n) is 6.85. The monoisotopic (exact) mass is 272 g/mol. The normalized spacial score (nSPS) is 39.0. The number of fused-ring (bicyclic) bond motifs is 4. The van der Waals surface area contributed by atoms with E-state index >= 15 is 0 Å². The number of rotatable bonds is 1. The number of allylic oxidation sites excluding steroid dienone is 6. The van der Waals surface area contributed by atoms with E-state index in [1.165, 1.54) is 4.91 Å². The maximum Gasteiger partial charge on any atom is 0.164 e. The second-order valence-electron chi connectivity index (χ2n) is 5.52. The first-order valence-corrected chi connectivity index (χ1v) is 7.73. The van der Waals surface area contributed by atoms with Crippen LogP contribution in [-0.2, 0) is 9.53 Å². The summed E-state index contributed by atoms with van der Waals surface area (Å²) >= 11 is 1.87. The predicted octanol–water partition coefficient (Wildman–Crippen LogP) is 3.24. The van der Waals surface area contributed by atoms with Crippen LogP contribution < -0.4 is 0 Å². The second-order valence-corrected chi connectivity index (χ2v) is 6.74. The summed E-state index contributed by atoms with van der Waals surface area (Å²) < 4.78 is 5.30. The minimum atomic E-state index is 0.227. The molecule has 4 atom stereocenters. The van der Waals surface area contributed by atoms with Gasteiger partial charge in [0.2, 0.25) is 0 Å². The van der Waals surface area contributed by atoms with E-state index in [1.54, 1.807) is 7.11 Å². The van der Waals surface area contributed by atoms with Gasteiger partial charge in [-0.1, -0.05) is 18.2 Å². The molecule has 0 N–H and O–H groups in total. The van der Waals surface area contributed by atoms with Gasteiger partial charge in [0, 0.05) is 33.5 Å². The Bertz CT molecular complexity index is 567. The maximum atomic E-state index is 12.6. The van der Waals surface area contributed by atoms with Crippen LogP contribution in [0.2, 0.25) is 0 Å². The molecule has 0 aromatic carbocycles. The van der Waals surface area contributed by atoms with E-state index in [1.807, 2.05) is 17.8 Å². The molecule has 0 spiro atoms. The van der Waals surface area contributed by atoms with Crippen molar-refractivity contribution in [3.8, 4) is 0 Å². The molecule has 3 heteroatoms. The highest BCUT2D eigenvalue weighted by molar-refractivity contribution is 8.04. The van der Waals surface area contributed by atoms with Crippen LogP contribution in [0.4, 0.5) is 0 Å². The molecule has 19 heavy (non-hydrogen) atoms. The molecule has 3 aliphatic carbocycles. The van der Waals surface area contributed by atoms with E-state index < -0.39 is 0 Å². The number of hydrogen-bond donors (Lipinski definition) is 0. The molecule has 0 saturated carbocycles. The molecule has 0 aromatic heterocycles. The maximum absolute atomic E-state index is 12.6. The number of Topliss-reactive ketones (excluding diaryl/α,β-unsaturated/α-hetero) is 1. The Kier molecular flexibility index (Phi) is 2.52. The first-order chi connectivity index (χ1) is 9.29. The van der Waals surface area contributed by atoms with Gasteiger partial charge in [-0.2, -0.15) is 0 Å². The third-order valence-electron chi connectivity index (χ3n) is 4.57. The number of hydrogen-bond acceptors (Lipinski definition) is 3. The van der Waals surface area contributed by atoms with Gasteiger partial charge in [-0.15, -0.1) is 11.8 Å². The zero-order valence-corrected chi connectivity index (χ0v) is 11.7. The third-order valence-corrected chi connectivity index (χ3v) is 6.02. The molecule has 4 rings (SSSR count). The van der Waals surface area contributed by atoms with E-state index in [9.17, 15) is 4.79 Å². The zero-order chi connectivity index (χ0) is 13.0. The molecule has 0 aromatic rings. The molecule has 0 fully saturated rings. The van der Waals surface area contributed by atoms with Crippen LogP contribution in [0.15, 0.2) is 46.6 Å². The second kappa shape index (κ2) is 4.14. The lowest BCUT2D eigenvalue weighted by molar-refractivity contribution is -0.119. The molecule has 1 heterocycles. The number of carbonyl (C=O) groups is 1. The fraction of sp³-hybridized carbons (Fsp3) is 0.438. The Hall–Kier alpha value is -1.22. The van der Waals surface area contributed by atoms with Crippen molar-refractivity contribution < 1.29 is 9.53 Å². The van der Waals surface area contributed by atoms with Crippen LogP contribution in [0.25, 0.3) is 0 Å². The van der Waals surface area contributed by atoms with Crippen molar-refractivity contribution in [3.05, 3.63) is 46.6 Å². The first kappa shape index (κ1) is 11.6. The minimum absolute atomic E-state index is 0.227. The van der Waals surface area contributed by atoms with E-state index in [0.29, 0.717) is 17.0 Å². The standard InChI is InChI=1S/C16H16O2S/c1-18-9-6-7-12-13(8-9)19-16-11-5-3-2-4-10(11)15(17)14(12)16/h3,5-8,10-13H,2,4H2,1H3. The smallest absolute Gasteiger partial charge is 0.164 e. The molecule has 0 amide bonds. The zero-order valence-electron chi connectivity index (χ0n) is 10.8.